The molecule has 1 saturated heterocycles. The third-order valence-electron chi connectivity index (χ3n) is 4.13. The van der Waals surface area contributed by atoms with Crippen molar-refractivity contribution < 1.29 is 14.3 Å². The van der Waals surface area contributed by atoms with Crippen LogP contribution in [0.15, 0.2) is 29.3 Å². The fourth-order valence-corrected chi connectivity index (χ4v) is 2.73. The van der Waals surface area contributed by atoms with E-state index >= 15 is 0 Å². The summed E-state index contributed by atoms with van der Waals surface area (Å²) in [6, 6.07) is 7.87. The number of amides is 2. The summed E-state index contributed by atoms with van der Waals surface area (Å²) in [5.41, 5.74) is 1.97. The van der Waals surface area contributed by atoms with E-state index in [9.17, 15) is 9.59 Å². The number of anilines is 1. The molecule has 2 rings (SSSR count). The van der Waals surface area contributed by atoms with Gasteiger partial charge in [-0.15, -0.1) is 24.0 Å². The lowest BCUT2D eigenvalue weighted by molar-refractivity contribution is -0.120. The fraction of sp³-hybridized carbons (Fsp3) is 0.526. The van der Waals surface area contributed by atoms with Crippen molar-refractivity contribution in [2.45, 2.75) is 26.3 Å². The molecule has 1 fully saturated rings. The number of guanidine groups is 1. The van der Waals surface area contributed by atoms with Gasteiger partial charge in [-0.1, -0.05) is 12.1 Å². The SMILES string of the molecule is CCNC(=NCc1ccc(N2CCCC2=O)cc1)NCC(=O)NCCOC.I. The lowest BCUT2D eigenvalue weighted by Gasteiger charge is -2.16. The van der Waals surface area contributed by atoms with Gasteiger partial charge in [0.25, 0.3) is 0 Å². The van der Waals surface area contributed by atoms with Gasteiger partial charge in [0.1, 0.15) is 0 Å². The van der Waals surface area contributed by atoms with Crippen LogP contribution in [0.5, 0.6) is 0 Å². The van der Waals surface area contributed by atoms with Crippen molar-refractivity contribution in [3.05, 3.63) is 29.8 Å². The minimum atomic E-state index is -0.114. The lowest BCUT2D eigenvalue weighted by Crippen LogP contribution is -2.43. The number of carbonyl (C=O) groups excluding carboxylic acids is 2. The molecule has 0 unspecified atom stereocenters. The van der Waals surface area contributed by atoms with E-state index < -0.39 is 0 Å². The van der Waals surface area contributed by atoms with Crippen molar-refractivity contribution in [1.82, 2.24) is 16.0 Å². The molecule has 28 heavy (non-hydrogen) atoms. The van der Waals surface area contributed by atoms with Crippen molar-refractivity contribution in [2.75, 3.05) is 44.8 Å². The zero-order valence-electron chi connectivity index (χ0n) is 16.5. The largest absolute Gasteiger partial charge is 0.383 e. The van der Waals surface area contributed by atoms with Crippen LogP contribution >= 0.6 is 24.0 Å². The molecule has 1 aromatic carbocycles. The molecular formula is C19H30IN5O3. The Balaban J connectivity index is 0.00000392. The highest BCUT2D eigenvalue weighted by atomic mass is 127. The number of carbonyl (C=O) groups is 2. The standard InChI is InChI=1S/C19H29N5O3.HI/c1-3-20-19(23-14-17(25)21-10-12-27-2)22-13-15-6-8-16(9-7-15)24-11-4-5-18(24)26;/h6-9H,3-5,10-14H2,1-2H3,(H,21,25)(H2,20,22,23);1H. The van der Waals surface area contributed by atoms with Gasteiger partial charge in [0.05, 0.1) is 19.7 Å². The highest BCUT2D eigenvalue weighted by Gasteiger charge is 2.21. The van der Waals surface area contributed by atoms with Gasteiger partial charge in [-0.2, -0.15) is 0 Å². The topological polar surface area (TPSA) is 95.1 Å². The number of aliphatic imine (C=N–C) groups is 1. The molecule has 1 heterocycles. The predicted octanol–water partition coefficient (Wildman–Crippen LogP) is 1.25. The predicted molar refractivity (Wildman–Crippen MR) is 121 cm³/mol. The van der Waals surface area contributed by atoms with E-state index in [-0.39, 0.29) is 42.3 Å². The van der Waals surface area contributed by atoms with Crippen LogP contribution in [0, 0.1) is 0 Å². The minimum absolute atomic E-state index is 0. The number of rotatable bonds is 9. The molecule has 3 N–H and O–H groups in total. The van der Waals surface area contributed by atoms with Crippen LogP contribution in [-0.4, -0.2) is 57.7 Å². The fourth-order valence-electron chi connectivity index (χ4n) is 2.73. The molecule has 0 aromatic heterocycles. The smallest absolute Gasteiger partial charge is 0.239 e. The molecule has 2 amide bonds. The van der Waals surface area contributed by atoms with Gasteiger partial charge < -0.3 is 25.6 Å². The maximum Gasteiger partial charge on any atom is 0.239 e. The van der Waals surface area contributed by atoms with E-state index in [2.05, 4.69) is 20.9 Å². The Kier molecular flexibility index (Phi) is 11.5. The first kappa shape index (κ1) is 24.2. The van der Waals surface area contributed by atoms with Gasteiger partial charge in [0, 0.05) is 38.9 Å². The van der Waals surface area contributed by atoms with Gasteiger partial charge in [-0.05, 0) is 31.0 Å². The third-order valence-corrected chi connectivity index (χ3v) is 4.13. The van der Waals surface area contributed by atoms with Gasteiger partial charge in [-0.25, -0.2) is 4.99 Å². The number of ether oxygens (including phenoxy) is 1. The number of benzene rings is 1. The monoisotopic (exact) mass is 503 g/mol. The van der Waals surface area contributed by atoms with Crippen molar-refractivity contribution in [1.29, 1.82) is 0 Å². The van der Waals surface area contributed by atoms with Crippen LogP contribution in [0.3, 0.4) is 0 Å². The maximum atomic E-state index is 11.8. The quantitative estimate of drug-likeness (QED) is 0.204. The molecule has 1 aliphatic rings. The molecule has 0 spiro atoms. The second-order valence-electron chi connectivity index (χ2n) is 6.21. The molecule has 1 aliphatic heterocycles. The van der Waals surface area contributed by atoms with Crippen LogP contribution in [-0.2, 0) is 20.9 Å². The molecule has 0 bridgehead atoms. The van der Waals surface area contributed by atoms with Crippen molar-refractivity contribution in [3.63, 3.8) is 0 Å². The summed E-state index contributed by atoms with van der Waals surface area (Å²) in [4.78, 5) is 29.9. The Bertz CT molecular complexity index is 651. The number of hydrogen-bond donors (Lipinski definition) is 3. The van der Waals surface area contributed by atoms with Gasteiger partial charge in [0.2, 0.25) is 11.8 Å². The first-order valence-corrected chi connectivity index (χ1v) is 9.31. The zero-order valence-corrected chi connectivity index (χ0v) is 18.8. The molecule has 0 atom stereocenters. The van der Waals surface area contributed by atoms with E-state index in [1.54, 1.807) is 7.11 Å². The summed E-state index contributed by atoms with van der Waals surface area (Å²) in [5, 5.41) is 8.88. The number of halogens is 1. The summed E-state index contributed by atoms with van der Waals surface area (Å²) in [7, 11) is 1.59. The average Bonchev–Trinajstić information content (AvgIpc) is 3.10. The molecule has 8 nitrogen and oxygen atoms in total. The first-order chi connectivity index (χ1) is 13.1. The summed E-state index contributed by atoms with van der Waals surface area (Å²) in [5.74, 6) is 0.652. The second-order valence-corrected chi connectivity index (χ2v) is 6.21. The van der Waals surface area contributed by atoms with E-state index in [0.717, 1.165) is 24.2 Å². The molecule has 0 aliphatic carbocycles. The van der Waals surface area contributed by atoms with Gasteiger partial charge in [-0.3, -0.25) is 9.59 Å². The molecule has 0 saturated carbocycles. The maximum absolute atomic E-state index is 11.8. The minimum Gasteiger partial charge on any atom is -0.383 e. The summed E-state index contributed by atoms with van der Waals surface area (Å²) in [6.07, 6.45) is 1.55. The zero-order chi connectivity index (χ0) is 19.5. The van der Waals surface area contributed by atoms with Gasteiger partial charge >= 0.3 is 0 Å². The van der Waals surface area contributed by atoms with E-state index in [1.165, 1.54) is 0 Å². The highest BCUT2D eigenvalue weighted by Crippen LogP contribution is 2.21. The Hall–Kier alpha value is -1.88. The summed E-state index contributed by atoms with van der Waals surface area (Å²) in [6.45, 7) is 5.05. The first-order valence-electron chi connectivity index (χ1n) is 9.31. The average molecular weight is 503 g/mol. The van der Waals surface area contributed by atoms with Crippen LogP contribution in [0.4, 0.5) is 5.69 Å². The number of methoxy groups -OCH3 is 1. The Morgan fingerprint density at radius 3 is 2.57 bits per heavy atom. The summed E-state index contributed by atoms with van der Waals surface area (Å²) < 4.78 is 4.90. The number of hydrogen-bond acceptors (Lipinski definition) is 4. The Morgan fingerprint density at radius 2 is 1.96 bits per heavy atom. The molecule has 0 radical (unpaired) electrons. The van der Waals surface area contributed by atoms with Crippen LogP contribution in [0.1, 0.15) is 25.3 Å². The van der Waals surface area contributed by atoms with Crippen molar-refractivity contribution >= 4 is 47.4 Å². The lowest BCUT2D eigenvalue weighted by atomic mass is 10.2. The molecule has 156 valence electrons. The number of nitrogens with zero attached hydrogens (tertiary/aromatic N) is 2. The second kappa shape index (κ2) is 13.3. The van der Waals surface area contributed by atoms with E-state index in [0.29, 0.717) is 38.6 Å². The molecular weight excluding hydrogens is 473 g/mol. The molecule has 1 aromatic rings. The van der Waals surface area contributed by atoms with Gasteiger partial charge in [0.15, 0.2) is 5.96 Å². The van der Waals surface area contributed by atoms with Crippen LogP contribution < -0.4 is 20.9 Å². The Morgan fingerprint density at radius 1 is 1.21 bits per heavy atom. The van der Waals surface area contributed by atoms with Crippen molar-refractivity contribution in [2.24, 2.45) is 4.99 Å². The normalized spacial score (nSPS) is 13.9. The van der Waals surface area contributed by atoms with Crippen molar-refractivity contribution in [3.8, 4) is 0 Å². The highest BCUT2D eigenvalue weighted by molar-refractivity contribution is 14.0. The number of nitrogens with one attached hydrogen (secondary N) is 3. The van der Waals surface area contributed by atoms with Crippen LogP contribution in [0.25, 0.3) is 0 Å². The van der Waals surface area contributed by atoms with E-state index in [4.69, 9.17) is 4.74 Å². The Labute approximate surface area is 183 Å². The van der Waals surface area contributed by atoms with E-state index in [1.807, 2.05) is 36.1 Å². The van der Waals surface area contributed by atoms with Crippen LogP contribution in [0.2, 0.25) is 0 Å². The summed E-state index contributed by atoms with van der Waals surface area (Å²) >= 11 is 0. The third kappa shape index (κ3) is 8.01. The molecule has 9 heteroatoms.